The SMILES string of the molecule is CCCCCCCCCCCCNS(=O)(=O)c1ccc(OC)c(NC(=O)C(c2nc3c(NS(C)(=O)=O)cccc3c(=O)n2C(C)C)n2c(O)cn(Cc3ccccc3)c2=O)c1. The van der Waals surface area contributed by atoms with Crippen molar-refractivity contribution in [2.45, 2.75) is 109 Å². The first-order valence-corrected chi connectivity index (χ1v) is 24.0. The summed E-state index contributed by atoms with van der Waals surface area (Å²) in [6.07, 6.45) is 13.1. The molecule has 330 valence electrons. The zero-order chi connectivity index (χ0) is 44.3. The van der Waals surface area contributed by atoms with E-state index in [4.69, 9.17) is 9.72 Å². The van der Waals surface area contributed by atoms with E-state index in [2.05, 4.69) is 21.7 Å². The number of methoxy groups -OCH3 is 1. The standard InChI is InChI=1S/C43H57N7O9S2/c1-6-7-8-9-10-11-12-13-14-18-26-44-61(57,58)32-24-25-36(59-4)35(27-32)45-41(52)39(50-37(51)29-48(43(50)54)28-31-20-16-15-17-21-31)40-46-38-33(42(53)49(40)30(2)3)22-19-23-34(38)47-60(5,55)56/h15-17,19-25,27,29-30,39,44,47,51H,6-14,18,26,28H2,1-5H3,(H,45,52). The molecule has 0 fully saturated rings. The van der Waals surface area contributed by atoms with Crippen LogP contribution >= 0.6 is 0 Å². The molecule has 2 aromatic heterocycles. The molecule has 4 N–H and O–H groups in total. The lowest BCUT2D eigenvalue weighted by Crippen LogP contribution is -2.40. The summed E-state index contributed by atoms with van der Waals surface area (Å²) < 4.78 is 65.5. The van der Waals surface area contributed by atoms with Gasteiger partial charge < -0.3 is 15.2 Å². The second kappa shape index (κ2) is 20.9. The number of aromatic nitrogens is 4. The highest BCUT2D eigenvalue weighted by atomic mass is 32.2. The first-order chi connectivity index (χ1) is 29.1. The summed E-state index contributed by atoms with van der Waals surface area (Å²) in [4.78, 5) is 47.9. The van der Waals surface area contributed by atoms with Crippen molar-refractivity contribution in [3.8, 4) is 11.6 Å². The van der Waals surface area contributed by atoms with E-state index in [0.717, 1.165) is 42.7 Å². The van der Waals surface area contributed by atoms with Gasteiger partial charge in [0, 0.05) is 12.6 Å². The summed E-state index contributed by atoms with van der Waals surface area (Å²) in [5.41, 5.74) is -1.04. The number of carbonyl (C=O) groups is 1. The molecule has 0 bridgehead atoms. The van der Waals surface area contributed by atoms with Crippen LogP contribution in [0.3, 0.4) is 0 Å². The van der Waals surface area contributed by atoms with Gasteiger partial charge in [0.05, 0.1) is 47.8 Å². The Hall–Kier alpha value is -5.46. The molecule has 0 aliphatic heterocycles. The fraction of sp³-hybridized carbons (Fsp3) is 0.442. The maximum absolute atomic E-state index is 14.9. The third kappa shape index (κ3) is 11.9. The number of ether oxygens (including phenoxy) is 1. The molecule has 0 aliphatic carbocycles. The highest BCUT2D eigenvalue weighted by molar-refractivity contribution is 7.92. The van der Waals surface area contributed by atoms with Crippen molar-refractivity contribution >= 4 is 48.2 Å². The Morgan fingerprint density at radius 2 is 1.49 bits per heavy atom. The van der Waals surface area contributed by atoms with Crippen LogP contribution < -0.4 is 30.7 Å². The molecule has 1 unspecified atom stereocenters. The lowest BCUT2D eigenvalue weighted by atomic mass is 10.1. The molecule has 18 heteroatoms. The van der Waals surface area contributed by atoms with Crippen LogP contribution in [-0.2, 0) is 31.4 Å². The number of benzene rings is 3. The topological polar surface area (TPSA) is 213 Å². The molecule has 5 rings (SSSR count). The minimum atomic E-state index is -4.06. The van der Waals surface area contributed by atoms with Gasteiger partial charge >= 0.3 is 5.69 Å². The van der Waals surface area contributed by atoms with Crippen LogP contribution in [0.5, 0.6) is 11.6 Å². The molecule has 0 radical (unpaired) electrons. The smallest absolute Gasteiger partial charge is 0.332 e. The number of unbranched alkanes of at least 4 members (excludes halogenated alkanes) is 9. The summed E-state index contributed by atoms with van der Waals surface area (Å²) in [6, 6.07) is 14.6. The molecular formula is C43H57N7O9S2. The second-order valence-corrected chi connectivity index (χ2v) is 18.9. The number of imidazole rings is 1. The Labute approximate surface area is 357 Å². The molecule has 5 aromatic rings. The Kier molecular flexibility index (Phi) is 15.9. The van der Waals surface area contributed by atoms with Crippen molar-refractivity contribution in [3.05, 3.63) is 105 Å². The predicted octanol–water partition coefficient (Wildman–Crippen LogP) is 6.50. The van der Waals surface area contributed by atoms with Crippen molar-refractivity contribution < 1.29 is 31.5 Å². The van der Waals surface area contributed by atoms with E-state index in [-0.39, 0.29) is 51.8 Å². The largest absolute Gasteiger partial charge is 0.495 e. The second-order valence-electron chi connectivity index (χ2n) is 15.4. The third-order valence-corrected chi connectivity index (χ3v) is 12.3. The number of hydrogen-bond donors (Lipinski definition) is 4. The average Bonchev–Trinajstić information content (AvgIpc) is 3.47. The number of nitrogens with one attached hydrogen (secondary N) is 3. The molecule has 0 aliphatic rings. The average molecular weight is 880 g/mol. The summed E-state index contributed by atoms with van der Waals surface area (Å²) in [5, 5.41) is 14.2. The van der Waals surface area contributed by atoms with Crippen LogP contribution in [-0.4, -0.2) is 66.4 Å². The molecule has 61 heavy (non-hydrogen) atoms. The van der Waals surface area contributed by atoms with Gasteiger partial charge in [0.25, 0.3) is 11.5 Å². The van der Waals surface area contributed by atoms with E-state index < -0.39 is 55.2 Å². The number of hydrogen-bond acceptors (Lipinski definition) is 10. The Bertz CT molecular complexity index is 2640. The number of sulfonamides is 2. The van der Waals surface area contributed by atoms with Crippen molar-refractivity contribution in [2.75, 3.05) is 29.9 Å². The van der Waals surface area contributed by atoms with E-state index in [1.807, 2.05) is 6.07 Å². The van der Waals surface area contributed by atoms with Crippen molar-refractivity contribution in [3.63, 3.8) is 0 Å². The fourth-order valence-corrected chi connectivity index (χ4v) is 8.91. The zero-order valence-corrected chi connectivity index (χ0v) is 37.0. The molecule has 2 heterocycles. The van der Waals surface area contributed by atoms with Gasteiger partial charge in [-0.1, -0.05) is 101 Å². The summed E-state index contributed by atoms with van der Waals surface area (Å²) in [6.45, 7) is 5.75. The molecule has 3 aromatic carbocycles. The van der Waals surface area contributed by atoms with Crippen LogP contribution in [0, 0.1) is 0 Å². The van der Waals surface area contributed by atoms with Gasteiger partial charge in [-0.05, 0) is 56.2 Å². The summed E-state index contributed by atoms with van der Waals surface area (Å²) in [5.74, 6) is -1.89. The van der Waals surface area contributed by atoms with E-state index in [9.17, 15) is 36.3 Å². The third-order valence-electron chi connectivity index (χ3n) is 10.2. The van der Waals surface area contributed by atoms with Gasteiger partial charge in [0.15, 0.2) is 6.04 Å². The molecule has 0 saturated heterocycles. The molecule has 1 atom stereocenters. The first-order valence-electron chi connectivity index (χ1n) is 20.6. The summed E-state index contributed by atoms with van der Waals surface area (Å²) in [7, 11) is -6.60. The number of amides is 1. The predicted molar refractivity (Wildman–Crippen MR) is 238 cm³/mol. The molecule has 0 saturated carbocycles. The number of nitrogens with zero attached hydrogens (tertiary/aromatic N) is 4. The normalized spacial score (nSPS) is 12.5. The van der Waals surface area contributed by atoms with Crippen LogP contribution in [0.15, 0.2) is 87.4 Å². The first kappa shape index (κ1) is 46.6. The molecular weight excluding hydrogens is 823 g/mol. The van der Waals surface area contributed by atoms with Gasteiger partial charge in [-0.3, -0.25) is 23.4 Å². The highest BCUT2D eigenvalue weighted by Gasteiger charge is 2.35. The van der Waals surface area contributed by atoms with E-state index in [1.165, 1.54) is 84.7 Å². The van der Waals surface area contributed by atoms with Gasteiger partial charge in [0.2, 0.25) is 25.9 Å². The van der Waals surface area contributed by atoms with Crippen LogP contribution in [0.2, 0.25) is 0 Å². The Balaban J connectivity index is 1.53. The number of anilines is 2. The van der Waals surface area contributed by atoms with Gasteiger partial charge in [-0.2, -0.15) is 0 Å². The van der Waals surface area contributed by atoms with Crippen molar-refractivity contribution in [1.29, 1.82) is 0 Å². The lowest BCUT2D eigenvalue weighted by molar-refractivity contribution is -0.118. The van der Waals surface area contributed by atoms with Gasteiger partial charge in [-0.25, -0.2) is 35.9 Å². The van der Waals surface area contributed by atoms with Crippen LogP contribution in [0.25, 0.3) is 10.9 Å². The van der Waals surface area contributed by atoms with Crippen molar-refractivity contribution in [1.82, 2.24) is 23.4 Å². The van der Waals surface area contributed by atoms with Crippen LogP contribution in [0.4, 0.5) is 11.4 Å². The number of aromatic hydroxyl groups is 1. The number of carbonyl (C=O) groups excluding carboxylic acids is 1. The molecule has 1 amide bonds. The van der Waals surface area contributed by atoms with E-state index in [0.29, 0.717) is 12.0 Å². The molecule has 0 spiro atoms. The highest BCUT2D eigenvalue weighted by Crippen LogP contribution is 2.32. The Morgan fingerprint density at radius 3 is 2.11 bits per heavy atom. The van der Waals surface area contributed by atoms with Crippen molar-refractivity contribution in [2.24, 2.45) is 0 Å². The molecule has 16 nitrogen and oxygen atoms in total. The number of fused-ring (bicyclic) bond motifs is 1. The van der Waals surface area contributed by atoms with E-state index >= 15 is 0 Å². The lowest BCUT2D eigenvalue weighted by Gasteiger charge is -2.25. The fourth-order valence-electron chi connectivity index (χ4n) is 7.25. The van der Waals surface area contributed by atoms with Gasteiger partial charge in [-0.15, -0.1) is 0 Å². The Morgan fingerprint density at radius 1 is 0.836 bits per heavy atom. The number of rotatable bonds is 23. The van der Waals surface area contributed by atoms with Gasteiger partial charge in [0.1, 0.15) is 17.1 Å². The maximum atomic E-state index is 14.9. The van der Waals surface area contributed by atoms with Crippen LogP contribution in [0.1, 0.15) is 108 Å². The minimum absolute atomic E-state index is 0.0129. The minimum Gasteiger partial charge on any atom is -0.495 e. The summed E-state index contributed by atoms with van der Waals surface area (Å²) >= 11 is 0. The zero-order valence-electron chi connectivity index (χ0n) is 35.4. The monoisotopic (exact) mass is 879 g/mol. The van der Waals surface area contributed by atoms with E-state index in [1.54, 1.807) is 38.1 Å². The maximum Gasteiger partial charge on any atom is 0.332 e. The number of para-hydroxylation sites is 1. The quantitative estimate of drug-likeness (QED) is 0.0523.